The van der Waals surface area contributed by atoms with Crippen LogP contribution >= 0.6 is 0 Å². The summed E-state index contributed by atoms with van der Waals surface area (Å²) in [5.41, 5.74) is 3.26. The molecule has 1 aromatic heterocycles. The SMILES string of the molecule is OC1Cc2c([nH]c3ccccc23)CCOC1O. The molecule has 2 aromatic rings. The molecule has 2 heterocycles. The quantitative estimate of drug-likeness (QED) is 0.635. The molecular formula is C13H15NO3. The molecule has 0 aliphatic carbocycles. The molecule has 3 N–H and O–H groups in total. The van der Waals surface area contributed by atoms with Crippen molar-refractivity contribution in [1.82, 2.24) is 4.98 Å². The van der Waals surface area contributed by atoms with E-state index in [1.807, 2.05) is 24.3 Å². The van der Waals surface area contributed by atoms with Crippen molar-refractivity contribution >= 4 is 10.9 Å². The Balaban J connectivity index is 2.11. The van der Waals surface area contributed by atoms with Gasteiger partial charge in [-0.3, -0.25) is 0 Å². The van der Waals surface area contributed by atoms with Gasteiger partial charge in [0.1, 0.15) is 6.10 Å². The lowest BCUT2D eigenvalue weighted by Gasteiger charge is -2.21. The van der Waals surface area contributed by atoms with E-state index in [0.29, 0.717) is 13.0 Å². The lowest BCUT2D eigenvalue weighted by Crippen LogP contribution is -2.33. The number of ether oxygens (including phenoxy) is 1. The topological polar surface area (TPSA) is 65.5 Å². The maximum atomic E-state index is 9.82. The Morgan fingerprint density at radius 3 is 2.94 bits per heavy atom. The van der Waals surface area contributed by atoms with Crippen LogP contribution in [0.4, 0.5) is 0 Å². The predicted molar refractivity (Wildman–Crippen MR) is 63.7 cm³/mol. The van der Waals surface area contributed by atoms with Gasteiger partial charge in [-0.1, -0.05) is 18.2 Å². The number of nitrogens with one attached hydrogen (secondary N) is 1. The largest absolute Gasteiger partial charge is 0.387 e. The molecule has 0 bridgehead atoms. The van der Waals surface area contributed by atoms with Crippen molar-refractivity contribution in [3.8, 4) is 0 Å². The van der Waals surface area contributed by atoms with Crippen LogP contribution in [0.25, 0.3) is 10.9 Å². The molecule has 2 unspecified atom stereocenters. The van der Waals surface area contributed by atoms with E-state index in [9.17, 15) is 10.2 Å². The van der Waals surface area contributed by atoms with Gasteiger partial charge in [0.2, 0.25) is 0 Å². The first-order valence-corrected chi connectivity index (χ1v) is 5.82. The van der Waals surface area contributed by atoms with Crippen LogP contribution in [-0.4, -0.2) is 34.2 Å². The molecule has 4 heteroatoms. The van der Waals surface area contributed by atoms with Gasteiger partial charge >= 0.3 is 0 Å². The Kier molecular flexibility index (Phi) is 2.63. The first kappa shape index (κ1) is 10.8. The zero-order chi connectivity index (χ0) is 11.8. The molecule has 1 aromatic carbocycles. The molecule has 1 aliphatic heterocycles. The van der Waals surface area contributed by atoms with E-state index in [1.54, 1.807) is 0 Å². The van der Waals surface area contributed by atoms with E-state index in [4.69, 9.17) is 4.74 Å². The van der Waals surface area contributed by atoms with Crippen molar-refractivity contribution in [3.63, 3.8) is 0 Å². The Hall–Kier alpha value is -1.36. The van der Waals surface area contributed by atoms with E-state index in [-0.39, 0.29) is 0 Å². The second kappa shape index (κ2) is 4.14. The number of H-pyrrole nitrogens is 1. The van der Waals surface area contributed by atoms with Gasteiger partial charge in [0.25, 0.3) is 0 Å². The highest BCUT2D eigenvalue weighted by atomic mass is 16.6. The minimum Gasteiger partial charge on any atom is -0.387 e. The van der Waals surface area contributed by atoms with Crippen LogP contribution in [0.1, 0.15) is 11.3 Å². The highest BCUT2D eigenvalue weighted by Crippen LogP contribution is 2.26. The average Bonchev–Trinajstić information content (AvgIpc) is 2.66. The summed E-state index contributed by atoms with van der Waals surface area (Å²) in [6.07, 6.45) is -0.807. The fraction of sp³-hybridized carbons (Fsp3) is 0.385. The summed E-state index contributed by atoms with van der Waals surface area (Å²) in [6, 6.07) is 8.01. The molecule has 0 spiro atoms. The van der Waals surface area contributed by atoms with Crippen molar-refractivity contribution in [2.24, 2.45) is 0 Å². The van der Waals surface area contributed by atoms with Crippen LogP contribution < -0.4 is 0 Å². The number of rotatable bonds is 0. The average molecular weight is 233 g/mol. The van der Waals surface area contributed by atoms with Crippen LogP contribution in [0, 0.1) is 0 Å². The van der Waals surface area contributed by atoms with Crippen LogP contribution in [0.15, 0.2) is 24.3 Å². The van der Waals surface area contributed by atoms with Crippen molar-refractivity contribution < 1.29 is 14.9 Å². The van der Waals surface area contributed by atoms with Gasteiger partial charge in [0, 0.05) is 29.4 Å². The van der Waals surface area contributed by atoms with Gasteiger partial charge in [-0.2, -0.15) is 0 Å². The molecule has 2 atom stereocenters. The van der Waals surface area contributed by atoms with Crippen LogP contribution in [0.5, 0.6) is 0 Å². The molecule has 17 heavy (non-hydrogen) atoms. The molecule has 1 aliphatic rings. The Labute approximate surface area is 98.8 Å². The van der Waals surface area contributed by atoms with Crippen molar-refractivity contribution in [2.45, 2.75) is 25.2 Å². The number of fused-ring (bicyclic) bond motifs is 3. The number of aliphatic hydroxyl groups is 2. The second-order valence-electron chi connectivity index (χ2n) is 4.41. The zero-order valence-corrected chi connectivity index (χ0v) is 9.39. The second-order valence-corrected chi connectivity index (χ2v) is 4.41. The van der Waals surface area contributed by atoms with Crippen LogP contribution in [0.2, 0.25) is 0 Å². The van der Waals surface area contributed by atoms with Gasteiger partial charge in [-0.05, 0) is 11.6 Å². The monoisotopic (exact) mass is 233 g/mol. The normalized spacial score (nSPS) is 25.3. The number of aliphatic hydroxyl groups excluding tert-OH is 2. The Morgan fingerprint density at radius 2 is 2.06 bits per heavy atom. The zero-order valence-electron chi connectivity index (χ0n) is 9.39. The van der Waals surface area contributed by atoms with E-state index >= 15 is 0 Å². The molecular weight excluding hydrogens is 218 g/mol. The number of para-hydroxylation sites is 1. The fourth-order valence-corrected chi connectivity index (χ4v) is 2.41. The third-order valence-electron chi connectivity index (χ3n) is 3.29. The highest BCUT2D eigenvalue weighted by molar-refractivity contribution is 5.84. The standard InChI is InChI=1S/C13H15NO3/c15-12-7-9-8-3-1-2-4-10(8)14-11(9)5-6-17-13(12)16/h1-4,12-16H,5-7H2. The summed E-state index contributed by atoms with van der Waals surface area (Å²) in [5.74, 6) is 0. The first-order valence-electron chi connectivity index (χ1n) is 5.82. The molecule has 3 rings (SSSR count). The number of aromatic amines is 1. The number of aromatic nitrogens is 1. The summed E-state index contributed by atoms with van der Waals surface area (Å²) in [4.78, 5) is 3.35. The summed E-state index contributed by atoms with van der Waals surface area (Å²) < 4.78 is 5.13. The minimum atomic E-state index is -1.09. The molecule has 0 radical (unpaired) electrons. The van der Waals surface area contributed by atoms with Gasteiger partial charge in [-0.25, -0.2) is 0 Å². The number of hydrogen-bond acceptors (Lipinski definition) is 3. The van der Waals surface area contributed by atoms with E-state index in [1.165, 1.54) is 0 Å². The molecule has 0 saturated heterocycles. The third-order valence-corrected chi connectivity index (χ3v) is 3.29. The smallest absolute Gasteiger partial charge is 0.181 e. The first-order chi connectivity index (χ1) is 8.25. The van der Waals surface area contributed by atoms with Gasteiger partial charge < -0.3 is 19.9 Å². The van der Waals surface area contributed by atoms with Crippen molar-refractivity contribution in [2.75, 3.05) is 6.61 Å². The molecule has 0 fully saturated rings. The van der Waals surface area contributed by atoms with Gasteiger partial charge in [0.05, 0.1) is 6.61 Å². The van der Waals surface area contributed by atoms with Crippen LogP contribution in [-0.2, 0) is 17.6 Å². The van der Waals surface area contributed by atoms with E-state index < -0.39 is 12.4 Å². The van der Waals surface area contributed by atoms with Crippen molar-refractivity contribution in [3.05, 3.63) is 35.5 Å². The summed E-state index contributed by atoms with van der Waals surface area (Å²) in [6.45, 7) is 0.415. The Bertz CT molecular complexity index is 534. The van der Waals surface area contributed by atoms with Crippen molar-refractivity contribution in [1.29, 1.82) is 0 Å². The maximum absolute atomic E-state index is 9.82. The van der Waals surface area contributed by atoms with Gasteiger partial charge in [-0.15, -0.1) is 0 Å². The molecule has 4 nitrogen and oxygen atoms in total. The van der Waals surface area contributed by atoms with Gasteiger partial charge in [0.15, 0.2) is 6.29 Å². The lowest BCUT2D eigenvalue weighted by molar-refractivity contribution is -0.162. The maximum Gasteiger partial charge on any atom is 0.181 e. The minimum absolute atomic E-state index is 0.415. The number of benzene rings is 1. The van der Waals surface area contributed by atoms with E-state index in [2.05, 4.69) is 4.98 Å². The molecule has 90 valence electrons. The highest BCUT2D eigenvalue weighted by Gasteiger charge is 2.23. The van der Waals surface area contributed by atoms with Crippen LogP contribution in [0.3, 0.4) is 0 Å². The Morgan fingerprint density at radius 1 is 1.24 bits per heavy atom. The molecule has 0 amide bonds. The van der Waals surface area contributed by atoms with E-state index in [0.717, 1.165) is 28.6 Å². The fourth-order valence-electron chi connectivity index (χ4n) is 2.41. The summed E-state index contributed by atoms with van der Waals surface area (Å²) in [5, 5.41) is 20.5. The predicted octanol–water partition coefficient (Wildman–Crippen LogP) is 0.962. The third kappa shape index (κ3) is 1.84. The summed E-state index contributed by atoms with van der Waals surface area (Å²) >= 11 is 0. The number of hydrogen-bond donors (Lipinski definition) is 3. The molecule has 0 saturated carbocycles. The lowest BCUT2D eigenvalue weighted by atomic mass is 10.0. The summed E-state index contributed by atoms with van der Waals surface area (Å²) in [7, 11) is 0.